The zero-order chi connectivity index (χ0) is 21.0. The van der Waals surface area contributed by atoms with Gasteiger partial charge in [-0.1, -0.05) is 11.8 Å². The lowest BCUT2D eigenvalue weighted by Crippen LogP contribution is -2.22. The van der Waals surface area contributed by atoms with Crippen LogP contribution in [0.15, 0.2) is 41.3 Å². The third-order valence-corrected chi connectivity index (χ3v) is 4.54. The molecular weight excluding hydrogens is 408 g/mol. The zero-order valence-electron chi connectivity index (χ0n) is 15.1. The molecule has 0 saturated heterocycles. The number of esters is 1. The van der Waals surface area contributed by atoms with E-state index in [1.807, 2.05) is 0 Å². The Morgan fingerprint density at radius 1 is 1.14 bits per heavy atom. The van der Waals surface area contributed by atoms with Crippen molar-refractivity contribution in [2.45, 2.75) is 17.6 Å². The summed E-state index contributed by atoms with van der Waals surface area (Å²) in [7, 11) is 0. The number of rotatable bonds is 7. The molecule has 1 aliphatic heterocycles. The normalized spacial score (nSPS) is 12.0. The Bertz CT molecular complexity index is 948. The van der Waals surface area contributed by atoms with E-state index in [0.29, 0.717) is 28.2 Å². The average molecular weight is 423 g/mol. The lowest BCUT2D eigenvalue weighted by atomic mass is 10.1. The first-order valence-electron chi connectivity index (χ1n) is 8.30. The Morgan fingerprint density at radius 3 is 2.41 bits per heavy atom. The van der Waals surface area contributed by atoms with E-state index in [9.17, 15) is 23.2 Å². The van der Waals surface area contributed by atoms with Crippen LogP contribution < -0.4 is 14.8 Å². The fourth-order valence-corrected chi connectivity index (χ4v) is 3.01. The van der Waals surface area contributed by atoms with Crippen LogP contribution in [0.4, 0.5) is 14.5 Å². The third-order valence-electron chi connectivity index (χ3n) is 3.82. The van der Waals surface area contributed by atoms with E-state index in [0.717, 1.165) is 0 Å². The second kappa shape index (κ2) is 8.91. The van der Waals surface area contributed by atoms with Crippen molar-refractivity contribution < 1.29 is 37.4 Å². The van der Waals surface area contributed by atoms with Crippen molar-refractivity contribution in [3.63, 3.8) is 0 Å². The van der Waals surface area contributed by atoms with Gasteiger partial charge in [0.1, 0.15) is 0 Å². The molecule has 1 heterocycles. The molecule has 7 nitrogen and oxygen atoms in total. The van der Waals surface area contributed by atoms with Gasteiger partial charge in [0.25, 0.3) is 11.7 Å². The van der Waals surface area contributed by atoms with Crippen molar-refractivity contribution in [2.75, 3.05) is 18.7 Å². The van der Waals surface area contributed by atoms with Gasteiger partial charge >= 0.3 is 5.97 Å². The van der Waals surface area contributed by atoms with Crippen LogP contribution in [0.25, 0.3) is 0 Å². The first-order valence-corrected chi connectivity index (χ1v) is 9.18. The van der Waals surface area contributed by atoms with Crippen molar-refractivity contribution in [3.8, 4) is 11.5 Å². The number of ether oxygens (including phenoxy) is 3. The van der Waals surface area contributed by atoms with Crippen LogP contribution in [0, 0.1) is 0 Å². The maximum atomic E-state index is 12.3. The van der Waals surface area contributed by atoms with E-state index in [1.165, 1.54) is 43.3 Å². The van der Waals surface area contributed by atoms with Gasteiger partial charge in [-0.3, -0.25) is 9.59 Å². The summed E-state index contributed by atoms with van der Waals surface area (Å²) in [6.07, 6.45) is 0. The summed E-state index contributed by atoms with van der Waals surface area (Å²) in [4.78, 5) is 36.3. The van der Waals surface area contributed by atoms with Gasteiger partial charge in [0.15, 0.2) is 23.9 Å². The maximum absolute atomic E-state index is 12.3. The van der Waals surface area contributed by atoms with Gasteiger partial charge in [-0.2, -0.15) is 8.78 Å². The third kappa shape index (κ3) is 5.23. The smallest absolute Gasteiger partial charge is 0.338 e. The molecule has 0 bridgehead atoms. The van der Waals surface area contributed by atoms with Crippen LogP contribution in [0.3, 0.4) is 0 Å². The van der Waals surface area contributed by atoms with Crippen molar-refractivity contribution in [2.24, 2.45) is 0 Å². The Balaban J connectivity index is 1.60. The number of hydrogen-bond acceptors (Lipinski definition) is 7. The zero-order valence-corrected chi connectivity index (χ0v) is 15.9. The molecule has 0 saturated carbocycles. The van der Waals surface area contributed by atoms with E-state index in [-0.39, 0.29) is 29.4 Å². The molecule has 1 N–H and O–H groups in total. The lowest BCUT2D eigenvalue weighted by Gasteiger charge is -2.11. The summed E-state index contributed by atoms with van der Waals surface area (Å²) >= 11 is 0.354. The summed E-state index contributed by atoms with van der Waals surface area (Å²) in [6.45, 7) is 0.748. The SMILES string of the molecule is CC(=O)c1cc2c(cc1NC(=O)COC(=O)c1ccc(SC(F)F)cc1)OCO2. The highest BCUT2D eigenvalue weighted by Gasteiger charge is 2.21. The number of carbonyl (C=O) groups is 3. The van der Waals surface area contributed by atoms with Crippen molar-refractivity contribution in [1.29, 1.82) is 0 Å². The average Bonchev–Trinajstić information content (AvgIpc) is 3.13. The Hall–Kier alpha value is -3.14. The fraction of sp³-hybridized carbons (Fsp3) is 0.211. The summed E-state index contributed by atoms with van der Waals surface area (Å²) in [6, 6.07) is 8.30. The number of Topliss-reactive ketones (excluding diaryl/α,β-unsaturated/α-hetero) is 1. The van der Waals surface area contributed by atoms with Crippen molar-refractivity contribution in [1.82, 2.24) is 0 Å². The van der Waals surface area contributed by atoms with E-state index in [4.69, 9.17) is 14.2 Å². The van der Waals surface area contributed by atoms with Crippen LogP contribution in [0.2, 0.25) is 0 Å². The van der Waals surface area contributed by atoms with E-state index < -0.39 is 24.2 Å². The molecular formula is C19H15F2NO6S. The van der Waals surface area contributed by atoms with Gasteiger partial charge < -0.3 is 19.5 Å². The molecule has 0 aliphatic carbocycles. The number of fused-ring (bicyclic) bond motifs is 1. The molecule has 0 aromatic heterocycles. The molecule has 152 valence electrons. The molecule has 2 aromatic rings. The summed E-state index contributed by atoms with van der Waals surface area (Å²) < 4.78 is 40.0. The van der Waals surface area contributed by atoms with E-state index in [2.05, 4.69) is 5.32 Å². The maximum Gasteiger partial charge on any atom is 0.338 e. The lowest BCUT2D eigenvalue weighted by molar-refractivity contribution is -0.119. The van der Waals surface area contributed by atoms with Gasteiger partial charge in [-0.05, 0) is 37.3 Å². The molecule has 1 aliphatic rings. The van der Waals surface area contributed by atoms with Crippen molar-refractivity contribution in [3.05, 3.63) is 47.5 Å². The predicted molar refractivity (Wildman–Crippen MR) is 99.8 cm³/mol. The highest BCUT2D eigenvalue weighted by atomic mass is 32.2. The second-order valence-corrected chi connectivity index (χ2v) is 6.90. The molecule has 1 amide bonds. The van der Waals surface area contributed by atoms with Gasteiger partial charge in [0, 0.05) is 16.5 Å². The molecule has 2 aromatic carbocycles. The van der Waals surface area contributed by atoms with Gasteiger partial charge in [-0.15, -0.1) is 0 Å². The highest BCUT2D eigenvalue weighted by Crippen LogP contribution is 2.37. The highest BCUT2D eigenvalue weighted by molar-refractivity contribution is 7.99. The van der Waals surface area contributed by atoms with E-state index >= 15 is 0 Å². The standard InChI is InChI=1S/C19H15F2NO6S/c1-10(23)13-6-15-16(28-9-27-15)7-14(13)22-17(24)8-26-18(25)11-2-4-12(5-3-11)29-19(20)21/h2-7,19H,8-9H2,1H3,(H,22,24). The fourth-order valence-electron chi connectivity index (χ4n) is 2.51. The minimum absolute atomic E-state index is 0.0102. The van der Waals surface area contributed by atoms with Crippen LogP contribution >= 0.6 is 11.8 Å². The number of anilines is 1. The first-order chi connectivity index (χ1) is 13.8. The molecule has 29 heavy (non-hydrogen) atoms. The monoisotopic (exact) mass is 423 g/mol. The topological polar surface area (TPSA) is 90.9 Å². The molecule has 3 rings (SSSR count). The molecule has 0 radical (unpaired) electrons. The Morgan fingerprint density at radius 2 is 1.79 bits per heavy atom. The molecule has 0 unspecified atom stereocenters. The minimum atomic E-state index is -2.56. The minimum Gasteiger partial charge on any atom is -0.454 e. The number of ketones is 1. The largest absolute Gasteiger partial charge is 0.454 e. The Labute approximate surface area is 168 Å². The van der Waals surface area contributed by atoms with E-state index in [1.54, 1.807) is 0 Å². The van der Waals surface area contributed by atoms with Gasteiger partial charge in [-0.25, -0.2) is 4.79 Å². The molecule has 0 atom stereocenters. The second-order valence-electron chi connectivity index (χ2n) is 5.83. The molecule has 10 heteroatoms. The Kier molecular flexibility index (Phi) is 6.32. The van der Waals surface area contributed by atoms with Crippen LogP contribution in [0.5, 0.6) is 11.5 Å². The summed E-state index contributed by atoms with van der Waals surface area (Å²) in [5.41, 5.74) is 0.543. The number of benzene rings is 2. The summed E-state index contributed by atoms with van der Waals surface area (Å²) in [5.74, 6) is -3.53. The number of amides is 1. The quantitative estimate of drug-likeness (QED) is 0.412. The number of halogens is 2. The number of carbonyl (C=O) groups excluding carboxylic acids is 3. The van der Waals surface area contributed by atoms with Crippen LogP contribution in [0.1, 0.15) is 27.6 Å². The molecule has 0 spiro atoms. The number of nitrogens with one attached hydrogen (secondary N) is 1. The van der Waals surface area contributed by atoms with Crippen molar-refractivity contribution >= 4 is 35.1 Å². The van der Waals surface area contributed by atoms with Crippen LogP contribution in [-0.2, 0) is 9.53 Å². The van der Waals surface area contributed by atoms with Gasteiger partial charge in [0.2, 0.25) is 6.79 Å². The number of thioether (sulfide) groups is 1. The summed E-state index contributed by atoms with van der Waals surface area (Å²) in [5, 5.41) is 2.50. The van der Waals surface area contributed by atoms with Crippen LogP contribution in [-0.4, -0.2) is 36.8 Å². The first kappa shape index (κ1) is 20.6. The van der Waals surface area contributed by atoms with Gasteiger partial charge in [0.05, 0.1) is 11.3 Å². The number of alkyl halides is 2. The molecule has 0 fully saturated rings. The predicted octanol–water partition coefficient (Wildman–Crippen LogP) is 3.73. The number of hydrogen-bond donors (Lipinski definition) is 1.